The van der Waals surface area contributed by atoms with E-state index in [0.717, 1.165) is 11.9 Å². The minimum Gasteiger partial charge on any atom is -0.494 e. The first-order valence-electron chi connectivity index (χ1n) is 7.83. The van der Waals surface area contributed by atoms with E-state index in [1.54, 1.807) is 13.0 Å². The molecule has 0 aliphatic carbocycles. The van der Waals surface area contributed by atoms with Crippen LogP contribution in [0.25, 0.3) is 0 Å². The zero-order valence-electron chi connectivity index (χ0n) is 15.1. The Kier molecular flexibility index (Phi) is 6.32. The van der Waals surface area contributed by atoms with Crippen LogP contribution < -0.4 is 19.7 Å². The van der Waals surface area contributed by atoms with E-state index >= 15 is 0 Å². The highest BCUT2D eigenvalue weighted by molar-refractivity contribution is 7.89. The maximum absolute atomic E-state index is 13.7. The Balaban J connectivity index is 1.96. The Morgan fingerprint density at radius 1 is 1.19 bits per heavy atom. The van der Waals surface area contributed by atoms with Crippen LogP contribution in [-0.2, 0) is 10.0 Å². The van der Waals surface area contributed by atoms with Crippen molar-refractivity contribution in [3.63, 3.8) is 0 Å². The van der Waals surface area contributed by atoms with E-state index in [9.17, 15) is 12.8 Å². The van der Waals surface area contributed by atoms with Gasteiger partial charge in [0, 0.05) is 33.3 Å². The monoisotopic (exact) mass is 383 g/mol. The number of benzene rings is 1. The second kappa shape index (κ2) is 8.28. The number of hydrogen-bond acceptors (Lipinski definition) is 7. The van der Waals surface area contributed by atoms with Gasteiger partial charge in [-0.3, -0.25) is 0 Å². The summed E-state index contributed by atoms with van der Waals surface area (Å²) in [7, 11) is 1.23. The number of ether oxygens (including phenoxy) is 1. The molecule has 1 aromatic heterocycles. The normalized spacial score (nSPS) is 11.3. The van der Waals surface area contributed by atoms with Gasteiger partial charge in [-0.05, 0) is 25.1 Å². The van der Waals surface area contributed by atoms with Gasteiger partial charge in [-0.25, -0.2) is 27.5 Å². The molecule has 10 heteroatoms. The number of aryl methyl sites for hydroxylation is 1. The van der Waals surface area contributed by atoms with Crippen molar-refractivity contribution < 1.29 is 17.5 Å². The minimum absolute atomic E-state index is 0.0126. The molecule has 1 heterocycles. The SMILES string of the molecule is COc1ccc(S(=O)(=O)NCCNc2cc(N(C)C)nc(C)n2)cc1F. The summed E-state index contributed by atoms with van der Waals surface area (Å²) in [4.78, 5) is 10.2. The lowest BCUT2D eigenvalue weighted by Crippen LogP contribution is -2.29. The molecule has 0 fully saturated rings. The number of hydrogen-bond donors (Lipinski definition) is 2. The second-order valence-electron chi connectivity index (χ2n) is 5.67. The topological polar surface area (TPSA) is 96.5 Å². The van der Waals surface area contributed by atoms with Crippen molar-refractivity contribution in [2.24, 2.45) is 0 Å². The molecule has 1 aromatic carbocycles. The van der Waals surface area contributed by atoms with Crippen LogP contribution in [0.3, 0.4) is 0 Å². The van der Waals surface area contributed by atoms with Crippen molar-refractivity contribution in [3.8, 4) is 5.75 Å². The van der Waals surface area contributed by atoms with E-state index in [-0.39, 0.29) is 17.2 Å². The summed E-state index contributed by atoms with van der Waals surface area (Å²) in [5.41, 5.74) is 0. The molecule has 0 aliphatic heterocycles. The van der Waals surface area contributed by atoms with Crippen molar-refractivity contribution in [2.75, 3.05) is 44.5 Å². The Labute approximate surface area is 152 Å². The molecule has 0 amide bonds. The Bertz CT molecular complexity index is 874. The number of halogens is 1. The molecule has 0 saturated carbocycles. The van der Waals surface area contributed by atoms with E-state index in [1.807, 2.05) is 19.0 Å². The third-order valence-electron chi connectivity index (χ3n) is 3.44. The largest absolute Gasteiger partial charge is 0.494 e. The lowest BCUT2D eigenvalue weighted by atomic mass is 10.3. The van der Waals surface area contributed by atoms with Gasteiger partial charge in [0.1, 0.15) is 17.5 Å². The molecule has 0 saturated heterocycles. The molecule has 0 radical (unpaired) electrons. The number of methoxy groups -OCH3 is 1. The number of anilines is 2. The van der Waals surface area contributed by atoms with Gasteiger partial charge in [-0.15, -0.1) is 0 Å². The molecule has 26 heavy (non-hydrogen) atoms. The second-order valence-corrected chi connectivity index (χ2v) is 7.44. The quantitative estimate of drug-likeness (QED) is 0.665. The summed E-state index contributed by atoms with van der Waals surface area (Å²) in [5, 5.41) is 3.04. The number of nitrogens with one attached hydrogen (secondary N) is 2. The minimum atomic E-state index is -3.82. The van der Waals surface area contributed by atoms with Gasteiger partial charge in [0.15, 0.2) is 11.6 Å². The maximum Gasteiger partial charge on any atom is 0.240 e. The summed E-state index contributed by atoms with van der Waals surface area (Å²) in [6, 6.07) is 5.25. The first kappa shape index (κ1) is 19.9. The first-order chi connectivity index (χ1) is 12.2. The molecule has 0 atom stereocenters. The third-order valence-corrected chi connectivity index (χ3v) is 4.90. The average molecular weight is 383 g/mol. The van der Waals surface area contributed by atoms with Gasteiger partial charge in [0.05, 0.1) is 12.0 Å². The standard InChI is InChI=1S/C16H22FN5O3S/c1-11-20-15(10-16(21-11)22(2)3)18-7-8-19-26(23,24)12-5-6-14(25-4)13(17)9-12/h5-6,9-10,19H,7-8H2,1-4H3,(H,18,20,21). The highest BCUT2D eigenvalue weighted by atomic mass is 32.2. The molecule has 0 aliphatic rings. The van der Waals surface area contributed by atoms with E-state index in [0.29, 0.717) is 18.2 Å². The first-order valence-corrected chi connectivity index (χ1v) is 9.31. The van der Waals surface area contributed by atoms with Gasteiger partial charge in [-0.2, -0.15) is 0 Å². The van der Waals surface area contributed by atoms with E-state index in [4.69, 9.17) is 4.74 Å². The molecule has 142 valence electrons. The van der Waals surface area contributed by atoms with Crippen LogP contribution in [-0.4, -0.2) is 52.7 Å². The fraction of sp³-hybridized carbons (Fsp3) is 0.375. The predicted octanol–water partition coefficient (Wildman–Crippen LogP) is 1.39. The molecule has 2 N–H and O–H groups in total. The van der Waals surface area contributed by atoms with E-state index < -0.39 is 15.8 Å². The number of aromatic nitrogens is 2. The van der Waals surface area contributed by atoms with Gasteiger partial charge >= 0.3 is 0 Å². The summed E-state index contributed by atoms with van der Waals surface area (Å²) >= 11 is 0. The van der Waals surface area contributed by atoms with Crippen LogP contribution >= 0.6 is 0 Å². The smallest absolute Gasteiger partial charge is 0.240 e. The molecular formula is C16H22FN5O3S. The third kappa shape index (κ3) is 5.02. The lowest BCUT2D eigenvalue weighted by Gasteiger charge is -2.14. The van der Waals surface area contributed by atoms with Crippen molar-refractivity contribution >= 4 is 21.7 Å². The molecular weight excluding hydrogens is 361 g/mol. The van der Waals surface area contributed by atoms with Crippen LogP contribution in [0.2, 0.25) is 0 Å². The lowest BCUT2D eigenvalue weighted by molar-refractivity contribution is 0.385. The van der Waals surface area contributed by atoms with Crippen molar-refractivity contribution in [3.05, 3.63) is 35.9 Å². The van der Waals surface area contributed by atoms with Crippen LogP contribution in [0, 0.1) is 12.7 Å². The number of sulfonamides is 1. The van der Waals surface area contributed by atoms with Gasteiger partial charge in [-0.1, -0.05) is 0 Å². The van der Waals surface area contributed by atoms with Crippen LogP contribution in [0.15, 0.2) is 29.2 Å². The molecule has 2 aromatic rings. The molecule has 2 rings (SSSR count). The summed E-state index contributed by atoms with van der Waals surface area (Å²) < 4.78 is 45.3. The van der Waals surface area contributed by atoms with Crippen molar-refractivity contribution in [1.29, 1.82) is 0 Å². The highest BCUT2D eigenvalue weighted by Gasteiger charge is 2.16. The highest BCUT2D eigenvalue weighted by Crippen LogP contribution is 2.20. The zero-order valence-corrected chi connectivity index (χ0v) is 15.9. The van der Waals surface area contributed by atoms with Gasteiger partial charge < -0.3 is 15.0 Å². The zero-order chi connectivity index (χ0) is 19.3. The van der Waals surface area contributed by atoms with Crippen LogP contribution in [0.5, 0.6) is 5.75 Å². The average Bonchev–Trinajstić information content (AvgIpc) is 2.58. The van der Waals surface area contributed by atoms with E-state index in [1.165, 1.54) is 19.2 Å². The number of rotatable bonds is 8. The van der Waals surface area contributed by atoms with Gasteiger partial charge in [0.2, 0.25) is 10.0 Å². The Hall–Kier alpha value is -2.46. The van der Waals surface area contributed by atoms with Crippen LogP contribution in [0.1, 0.15) is 5.82 Å². The fourth-order valence-corrected chi connectivity index (χ4v) is 3.19. The molecule has 8 nitrogen and oxygen atoms in total. The van der Waals surface area contributed by atoms with Crippen molar-refractivity contribution in [1.82, 2.24) is 14.7 Å². The predicted molar refractivity (Wildman–Crippen MR) is 97.7 cm³/mol. The molecule has 0 bridgehead atoms. The number of nitrogens with zero attached hydrogens (tertiary/aromatic N) is 3. The fourth-order valence-electron chi connectivity index (χ4n) is 2.15. The maximum atomic E-state index is 13.7. The summed E-state index contributed by atoms with van der Waals surface area (Å²) in [6.07, 6.45) is 0. The molecule has 0 unspecified atom stereocenters. The summed E-state index contributed by atoms with van der Waals surface area (Å²) in [6.45, 7) is 2.19. The molecule has 0 spiro atoms. The van der Waals surface area contributed by atoms with Gasteiger partial charge in [0.25, 0.3) is 0 Å². The Morgan fingerprint density at radius 2 is 1.92 bits per heavy atom. The Morgan fingerprint density at radius 3 is 2.54 bits per heavy atom. The van der Waals surface area contributed by atoms with E-state index in [2.05, 4.69) is 20.0 Å². The van der Waals surface area contributed by atoms with Crippen LogP contribution in [0.4, 0.5) is 16.0 Å². The summed E-state index contributed by atoms with van der Waals surface area (Å²) in [5.74, 6) is 1.20. The van der Waals surface area contributed by atoms with Crippen molar-refractivity contribution in [2.45, 2.75) is 11.8 Å².